The predicted molar refractivity (Wildman–Crippen MR) is 71.3 cm³/mol. The number of rotatable bonds is 5. The Balaban J connectivity index is 3.14. The molecule has 0 bridgehead atoms. The van der Waals surface area contributed by atoms with E-state index in [9.17, 15) is 19.8 Å². The molecule has 0 spiro atoms. The number of carbonyl (C=O) groups is 2. The number of hydrogen-bond acceptors (Lipinski definition) is 6. The average Bonchev–Trinajstić information content (AvgIpc) is 2.65. The highest BCUT2D eigenvalue weighted by Gasteiger charge is 2.54. The maximum absolute atomic E-state index is 11.7. The molecule has 9 heteroatoms. The highest BCUT2D eigenvalue weighted by molar-refractivity contribution is 5.87. The first-order chi connectivity index (χ1) is 9.79. The van der Waals surface area contributed by atoms with Gasteiger partial charge in [-0.05, 0) is 18.5 Å². The second kappa shape index (κ2) is 6.68. The Bertz CT molecular complexity index is 502. The van der Waals surface area contributed by atoms with Gasteiger partial charge in [-0.3, -0.25) is 14.5 Å². The van der Waals surface area contributed by atoms with Crippen molar-refractivity contribution in [2.45, 2.75) is 38.8 Å². The fraction of sp³-hybridized carbons (Fsp3) is 0.667. The van der Waals surface area contributed by atoms with Crippen LogP contribution >= 0.6 is 0 Å². The molecule has 2 N–H and O–H groups in total. The number of amides is 1. The second-order valence-electron chi connectivity index (χ2n) is 4.86. The molecule has 21 heavy (non-hydrogen) atoms. The summed E-state index contributed by atoms with van der Waals surface area (Å²) >= 11 is 0. The molecule has 116 valence electrons. The van der Waals surface area contributed by atoms with Crippen LogP contribution in [0.4, 0.5) is 0 Å². The van der Waals surface area contributed by atoms with Crippen molar-refractivity contribution < 1.29 is 24.5 Å². The van der Waals surface area contributed by atoms with Crippen LogP contribution in [0.5, 0.6) is 0 Å². The summed E-state index contributed by atoms with van der Waals surface area (Å²) in [5.41, 5.74) is 6.70. The molecule has 1 heterocycles. The molecular formula is C12H18N4O5. The van der Waals surface area contributed by atoms with E-state index in [0.717, 1.165) is 4.90 Å². The lowest BCUT2D eigenvalue weighted by Crippen LogP contribution is -2.42. The second-order valence-corrected chi connectivity index (χ2v) is 4.86. The van der Waals surface area contributed by atoms with Gasteiger partial charge in [-0.15, -0.1) is 0 Å². The van der Waals surface area contributed by atoms with Crippen molar-refractivity contribution in [3.05, 3.63) is 22.7 Å². The third kappa shape index (κ3) is 3.40. The zero-order valence-corrected chi connectivity index (χ0v) is 12.0. The van der Waals surface area contributed by atoms with E-state index in [1.54, 1.807) is 6.92 Å². The Kier molecular flexibility index (Phi) is 5.45. The summed E-state index contributed by atoms with van der Waals surface area (Å²) < 4.78 is 5.44. The van der Waals surface area contributed by atoms with Gasteiger partial charge in [0.25, 0.3) is 0 Å². The summed E-state index contributed by atoms with van der Waals surface area (Å²) in [5, 5.41) is 22.8. The number of hydrogen-bond donors (Lipinski definition) is 2. The molecule has 0 unspecified atom stereocenters. The first kappa shape index (κ1) is 17.1. The van der Waals surface area contributed by atoms with Crippen molar-refractivity contribution in [1.82, 2.24) is 4.90 Å². The van der Waals surface area contributed by atoms with Crippen LogP contribution in [-0.2, 0) is 14.3 Å². The van der Waals surface area contributed by atoms with Crippen molar-refractivity contribution in [2.75, 3.05) is 6.61 Å². The topological polar surface area (TPSA) is 136 Å². The standard InChI is InChI=1S/C12H18N4O5/c1-7(18)4-5-16(9(3)19)11-8(2)10(20)12(6-17,21-11)14-15-13/h4-5,8,10-11,17,20H,6H2,1-3H3/b5-4-/t8-,10-,11+,12+/m0/s1. The Labute approximate surface area is 121 Å². The largest absolute Gasteiger partial charge is 0.393 e. The Morgan fingerprint density at radius 3 is 2.57 bits per heavy atom. The Hall–Kier alpha value is -1.93. The van der Waals surface area contributed by atoms with Gasteiger partial charge in [-0.25, -0.2) is 0 Å². The van der Waals surface area contributed by atoms with Crippen molar-refractivity contribution in [2.24, 2.45) is 11.0 Å². The number of azide groups is 1. The minimum absolute atomic E-state index is 0.268. The smallest absolute Gasteiger partial charge is 0.225 e. The van der Waals surface area contributed by atoms with Gasteiger partial charge in [-0.1, -0.05) is 12.0 Å². The number of nitrogens with zero attached hydrogens (tertiary/aromatic N) is 4. The Morgan fingerprint density at radius 1 is 1.52 bits per heavy atom. The number of aliphatic hydroxyl groups excluding tert-OH is 2. The molecule has 0 aromatic rings. The van der Waals surface area contributed by atoms with Crippen LogP contribution in [-0.4, -0.2) is 51.5 Å². The van der Waals surface area contributed by atoms with E-state index >= 15 is 0 Å². The number of ketones is 1. The van der Waals surface area contributed by atoms with Gasteiger partial charge in [0.15, 0.2) is 11.5 Å². The maximum Gasteiger partial charge on any atom is 0.225 e. The van der Waals surface area contributed by atoms with Gasteiger partial charge in [0.05, 0.1) is 12.7 Å². The van der Waals surface area contributed by atoms with Gasteiger partial charge >= 0.3 is 0 Å². The first-order valence-electron chi connectivity index (χ1n) is 6.29. The molecule has 1 amide bonds. The van der Waals surface area contributed by atoms with Crippen LogP contribution in [0.1, 0.15) is 20.8 Å². The van der Waals surface area contributed by atoms with Gasteiger partial charge in [-0.2, -0.15) is 0 Å². The van der Waals surface area contributed by atoms with Crippen molar-refractivity contribution in [3.8, 4) is 0 Å². The maximum atomic E-state index is 11.7. The molecule has 1 aliphatic heterocycles. The molecule has 0 radical (unpaired) electrons. The van der Waals surface area contributed by atoms with Crippen LogP contribution in [0, 0.1) is 5.92 Å². The minimum atomic E-state index is -1.85. The average molecular weight is 298 g/mol. The van der Waals surface area contributed by atoms with Crippen LogP contribution in [0.2, 0.25) is 0 Å². The van der Waals surface area contributed by atoms with Crippen LogP contribution in [0.3, 0.4) is 0 Å². The van der Waals surface area contributed by atoms with Crippen molar-refractivity contribution in [3.63, 3.8) is 0 Å². The number of ether oxygens (including phenoxy) is 1. The van der Waals surface area contributed by atoms with E-state index in [1.165, 1.54) is 26.1 Å². The Morgan fingerprint density at radius 2 is 2.14 bits per heavy atom. The summed E-state index contributed by atoms with van der Waals surface area (Å²) in [6, 6.07) is 0. The number of aliphatic hydroxyl groups is 2. The summed E-state index contributed by atoms with van der Waals surface area (Å²) in [6.07, 6.45) is 0.153. The third-order valence-corrected chi connectivity index (χ3v) is 3.28. The van der Waals surface area contributed by atoms with E-state index < -0.39 is 36.5 Å². The van der Waals surface area contributed by atoms with Crippen molar-refractivity contribution >= 4 is 11.7 Å². The summed E-state index contributed by atoms with van der Waals surface area (Å²) in [6.45, 7) is 3.43. The summed E-state index contributed by atoms with van der Waals surface area (Å²) in [4.78, 5) is 26.4. The molecular weight excluding hydrogens is 280 g/mol. The van der Waals surface area contributed by atoms with Crippen LogP contribution in [0.25, 0.3) is 10.4 Å². The SMILES string of the molecule is CC(=O)/C=C\N(C(C)=O)[C@@H]1O[C@@](CO)(N=[N+]=[N-])[C@@H](O)[C@@H]1C. The van der Waals surface area contributed by atoms with Crippen molar-refractivity contribution in [1.29, 1.82) is 0 Å². The zero-order chi connectivity index (χ0) is 16.2. The van der Waals surface area contributed by atoms with Crippen LogP contribution < -0.4 is 0 Å². The molecule has 0 aromatic carbocycles. The monoisotopic (exact) mass is 298 g/mol. The molecule has 1 rings (SSSR count). The quantitative estimate of drug-likeness (QED) is 0.325. The lowest BCUT2D eigenvalue weighted by Gasteiger charge is -2.28. The highest BCUT2D eigenvalue weighted by Crippen LogP contribution is 2.38. The molecule has 0 aliphatic carbocycles. The van der Waals surface area contributed by atoms with E-state index in [2.05, 4.69) is 10.0 Å². The van der Waals surface area contributed by atoms with Crippen LogP contribution in [0.15, 0.2) is 17.4 Å². The fourth-order valence-corrected chi connectivity index (χ4v) is 2.14. The van der Waals surface area contributed by atoms with Gasteiger partial charge in [0.2, 0.25) is 5.91 Å². The zero-order valence-electron chi connectivity index (χ0n) is 12.0. The third-order valence-electron chi connectivity index (χ3n) is 3.28. The van der Waals surface area contributed by atoms with E-state index in [1.807, 2.05) is 0 Å². The molecule has 1 aliphatic rings. The molecule has 0 saturated carbocycles. The number of carbonyl (C=O) groups excluding carboxylic acids is 2. The summed E-state index contributed by atoms with van der Waals surface area (Å²) in [7, 11) is 0. The lowest BCUT2D eigenvalue weighted by atomic mass is 9.98. The molecule has 1 fully saturated rings. The van der Waals surface area contributed by atoms with Gasteiger partial charge < -0.3 is 14.9 Å². The van der Waals surface area contributed by atoms with Gasteiger partial charge in [0, 0.05) is 24.0 Å². The molecule has 0 aromatic heterocycles. The summed E-state index contributed by atoms with van der Waals surface area (Å²) in [5.74, 6) is -1.33. The highest BCUT2D eigenvalue weighted by atomic mass is 16.6. The van der Waals surface area contributed by atoms with E-state index in [4.69, 9.17) is 10.3 Å². The molecule has 4 atom stereocenters. The van der Waals surface area contributed by atoms with E-state index in [-0.39, 0.29) is 5.78 Å². The minimum Gasteiger partial charge on any atom is -0.393 e. The van der Waals surface area contributed by atoms with E-state index in [0.29, 0.717) is 0 Å². The predicted octanol–water partition coefficient (Wildman–Crippen LogP) is 0.290. The fourth-order valence-electron chi connectivity index (χ4n) is 2.14. The van der Waals surface area contributed by atoms with Gasteiger partial charge in [0.1, 0.15) is 6.23 Å². The lowest BCUT2D eigenvalue weighted by molar-refractivity contribution is -0.154. The normalized spacial score (nSPS) is 32.0. The first-order valence-corrected chi connectivity index (χ1v) is 6.29. The number of allylic oxidation sites excluding steroid dienone is 1. The molecule has 9 nitrogen and oxygen atoms in total. The molecule has 1 saturated heterocycles.